The van der Waals surface area contributed by atoms with Crippen molar-refractivity contribution in [2.24, 2.45) is 0 Å². The van der Waals surface area contributed by atoms with Gasteiger partial charge in [-0.05, 0) is 87.6 Å². The van der Waals surface area contributed by atoms with E-state index < -0.39 is 0 Å². The molecule has 3 aliphatic rings. The second-order valence-corrected chi connectivity index (χ2v) is 14.2. The minimum atomic E-state index is -0.282. The number of benzene rings is 5. The molecule has 0 saturated carbocycles. The van der Waals surface area contributed by atoms with Crippen LogP contribution in [0, 0.1) is 0 Å². The second kappa shape index (κ2) is 10.7. The number of allylic oxidation sites excluding steroid dienone is 4. The lowest BCUT2D eigenvalue weighted by atomic mass is 9.57. The third kappa shape index (κ3) is 3.86. The van der Waals surface area contributed by atoms with Gasteiger partial charge in [0, 0.05) is 45.1 Å². The highest BCUT2D eigenvalue weighted by Crippen LogP contribution is 2.66. The van der Waals surface area contributed by atoms with Crippen molar-refractivity contribution in [1.82, 2.24) is 15.0 Å². The molecule has 11 rings (SSSR count). The molecule has 3 nitrogen and oxygen atoms in total. The summed E-state index contributed by atoms with van der Waals surface area (Å²) in [6, 6.07) is 46.7. The van der Waals surface area contributed by atoms with E-state index in [1.54, 1.807) is 6.20 Å². The Bertz CT molecular complexity index is 2830. The second-order valence-electron chi connectivity index (χ2n) is 14.2. The summed E-state index contributed by atoms with van der Waals surface area (Å²) in [5.74, 6) is 0.259. The van der Waals surface area contributed by atoms with E-state index >= 15 is 0 Å². The van der Waals surface area contributed by atoms with E-state index in [9.17, 15) is 0 Å². The first-order valence-electron chi connectivity index (χ1n) is 18.0. The van der Waals surface area contributed by atoms with Crippen molar-refractivity contribution >= 4 is 38.2 Å². The van der Waals surface area contributed by atoms with Gasteiger partial charge in [-0.3, -0.25) is 4.98 Å². The highest BCUT2D eigenvalue weighted by molar-refractivity contribution is 6.19. The molecule has 0 radical (unpaired) electrons. The summed E-state index contributed by atoms with van der Waals surface area (Å²) in [6.45, 7) is 2.46. The molecule has 3 aromatic heterocycles. The normalized spacial score (nSPS) is 18.6. The minimum Gasteiger partial charge on any atom is -0.264 e. The molecular weight excluding hydrogens is 619 g/mol. The zero-order valence-corrected chi connectivity index (χ0v) is 28.3. The van der Waals surface area contributed by atoms with E-state index in [1.807, 2.05) is 12.3 Å². The van der Waals surface area contributed by atoms with Gasteiger partial charge in [0.05, 0.1) is 27.8 Å². The summed E-state index contributed by atoms with van der Waals surface area (Å²) in [5, 5.41) is 4.75. The first kappa shape index (κ1) is 28.6. The smallest absolute Gasteiger partial charge is 0.0788 e. The standard InChI is InChI=1S/C48H33N3/c1-29-33-10-2-3-11-34(33)35-12-4-7-15-39(35)48(29)40-16-8-5-13-36(40)46-41(48)24-23-38-45(46)37-14-6-9-17-44(37)51-47(38)31-20-18-30(19-21-31)42-25-22-32-28-49-27-26-43(32)50-42/h2-4,6-7,9-29H,5,8H2,1H3/t29-,48?/m1/s1. The predicted molar refractivity (Wildman–Crippen MR) is 210 cm³/mol. The maximum Gasteiger partial charge on any atom is 0.0788 e. The summed E-state index contributed by atoms with van der Waals surface area (Å²) in [7, 11) is 0. The Hall–Kier alpha value is -6.19. The molecule has 3 heterocycles. The van der Waals surface area contributed by atoms with Gasteiger partial charge >= 0.3 is 0 Å². The summed E-state index contributed by atoms with van der Waals surface area (Å²) < 4.78 is 0. The molecule has 0 fully saturated rings. The van der Waals surface area contributed by atoms with Crippen LogP contribution in [0.4, 0.5) is 0 Å². The predicted octanol–water partition coefficient (Wildman–Crippen LogP) is 11.9. The number of pyridine rings is 3. The van der Waals surface area contributed by atoms with Crippen LogP contribution >= 0.6 is 0 Å². The quantitative estimate of drug-likeness (QED) is 0.175. The van der Waals surface area contributed by atoms with Gasteiger partial charge in [-0.25, -0.2) is 9.97 Å². The maximum atomic E-state index is 5.37. The van der Waals surface area contributed by atoms with Crippen molar-refractivity contribution in [2.75, 3.05) is 0 Å². The largest absolute Gasteiger partial charge is 0.264 e. The Balaban J connectivity index is 1.17. The molecule has 1 spiro atoms. The molecule has 0 bridgehead atoms. The van der Waals surface area contributed by atoms with Crippen LogP contribution in [-0.4, -0.2) is 15.0 Å². The molecule has 51 heavy (non-hydrogen) atoms. The van der Waals surface area contributed by atoms with Gasteiger partial charge in [-0.15, -0.1) is 0 Å². The topological polar surface area (TPSA) is 38.7 Å². The van der Waals surface area contributed by atoms with Crippen LogP contribution in [0.3, 0.4) is 0 Å². The monoisotopic (exact) mass is 651 g/mol. The summed E-state index contributed by atoms with van der Waals surface area (Å²) >= 11 is 0. The molecule has 0 saturated heterocycles. The van der Waals surface area contributed by atoms with Crippen LogP contribution in [0.1, 0.15) is 47.9 Å². The van der Waals surface area contributed by atoms with E-state index in [0.29, 0.717) is 0 Å². The molecule has 1 unspecified atom stereocenters. The van der Waals surface area contributed by atoms with Crippen molar-refractivity contribution in [3.8, 4) is 33.6 Å². The van der Waals surface area contributed by atoms with Gasteiger partial charge in [0.2, 0.25) is 0 Å². The van der Waals surface area contributed by atoms with E-state index in [1.165, 1.54) is 60.7 Å². The maximum absolute atomic E-state index is 5.37. The van der Waals surface area contributed by atoms with Crippen molar-refractivity contribution in [3.05, 3.63) is 180 Å². The number of fused-ring (bicyclic) bond motifs is 14. The van der Waals surface area contributed by atoms with Crippen molar-refractivity contribution in [2.45, 2.75) is 31.1 Å². The lowest BCUT2D eigenvalue weighted by Gasteiger charge is -2.45. The summed E-state index contributed by atoms with van der Waals surface area (Å²) in [5.41, 5.74) is 17.1. The SMILES string of the molecule is C[C@@H]1c2ccccc2-c2ccccc2C12C1=CCCC=C1c1c2ccc2c(-c3ccc(-c4ccc5cnccc5n4)cc3)nc3ccccc3c12. The average molecular weight is 652 g/mol. The van der Waals surface area contributed by atoms with Gasteiger partial charge < -0.3 is 0 Å². The lowest BCUT2D eigenvalue weighted by Crippen LogP contribution is -2.37. The van der Waals surface area contributed by atoms with Crippen LogP contribution in [0.25, 0.3) is 71.8 Å². The molecule has 8 aromatic rings. The van der Waals surface area contributed by atoms with Crippen LogP contribution in [0.2, 0.25) is 0 Å². The fourth-order valence-electron chi connectivity index (χ4n) is 9.63. The van der Waals surface area contributed by atoms with E-state index in [2.05, 4.69) is 145 Å². The number of hydrogen-bond donors (Lipinski definition) is 0. The Labute approximate surface area is 296 Å². The third-order valence-electron chi connectivity index (χ3n) is 11.8. The van der Waals surface area contributed by atoms with Crippen molar-refractivity contribution < 1.29 is 0 Å². The highest BCUT2D eigenvalue weighted by atomic mass is 14.7. The van der Waals surface area contributed by atoms with Crippen LogP contribution in [0.15, 0.2) is 158 Å². The molecule has 2 atom stereocenters. The van der Waals surface area contributed by atoms with Gasteiger partial charge in [0.25, 0.3) is 0 Å². The first-order valence-corrected chi connectivity index (χ1v) is 18.0. The Morgan fingerprint density at radius 2 is 1.39 bits per heavy atom. The number of hydrogen-bond acceptors (Lipinski definition) is 3. The van der Waals surface area contributed by atoms with Gasteiger partial charge in [-0.1, -0.05) is 122 Å². The number of nitrogens with zero attached hydrogens (tertiary/aromatic N) is 3. The summed E-state index contributed by atoms with van der Waals surface area (Å²) in [6.07, 6.45) is 10.8. The fraction of sp³-hybridized carbons (Fsp3) is 0.104. The first-order chi connectivity index (χ1) is 25.2. The van der Waals surface area contributed by atoms with E-state index in [0.717, 1.165) is 51.8 Å². The van der Waals surface area contributed by atoms with Crippen molar-refractivity contribution in [1.29, 1.82) is 0 Å². The van der Waals surface area contributed by atoms with Crippen LogP contribution < -0.4 is 0 Å². The Morgan fingerprint density at radius 3 is 2.31 bits per heavy atom. The number of rotatable bonds is 2. The fourth-order valence-corrected chi connectivity index (χ4v) is 9.63. The van der Waals surface area contributed by atoms with E-state index in [4.69, 9.17) is 9.97 Å². The Kier molecular flexibility index (Phi) is 5.98. The average Bonchev–Trinajstić information content (AvgIpc) is 3.50. The molecule has 0 aliphatic heterocycles. The highest BCUT2D eigenvalue weighted by Gasteiger charge is 2.54. The molecule has 3 heteroatoms. The van der Waals surface area contributed by atoms with Gasteiger partial charge in [0.15, 0.2) is 0 Å². The van der Waals surface area contributed by atoms with Gasteiger partial charge in [0.1, 0.15) is 0 Å². The molecule has 240 valence electrons. The third-order valence-corrected chi connectivity index (χ3v) is 11.8. The molecular formula is C48H33N3. The zero-order valence-electron chi connectivity index (χ0n) is 28.3. The molecule has 0 N–H and O–H groups in total. The number of para-hydroxylation sites is 1. The lowest BCUT2D eigenvalue weighted by molar-refractivity contribution is 0.514. The Morgan fingerprint density at radius 1 is 0.608 bits per heavy atom. The summed E-state index contributed by atoms with van der Waals surface area (Å²) in [4.78, 5) is 14.5. The zero-order chi connectivity index (χ0) is 33.7. The van der Waals surface area contributed by atoms with E-state index in [-0.39, 0.29) is 11.3 Å². The molecule has 3 aliphatic carbocycles. The molecule has 0 amide bonds. The van der Waals surface area contributed by atoms with Crippen LogP contribution in [-0.2, 0) is 5.41 Å². The van der Waals surface area contributed by atoms with Gasteiger partial charge in [-0.2, -0.15) is 0 Å². The number of aromatic nitrogens is 3. The molecule has 5 aromatic carbocycles. The van der Waals surface area contributed by atoms with Crippen molar-refractivity contribution in [3.63, 3.8) is 0 Å². The van der Waals surface area contributed by atoms with Crippen LogP contribution in [0.5, 0.6) is 0 Å². The minimum absolute atomic E-state index is 0.259.